The third-order valence-corrected chi connectivity index (χ3v) is 4.95. The first-order chi connectivity index (χ1) is 10.4. The second-order valence-corrected chi connectivity index (χ2v) is 8.73. The summed E-state index contributed by atoms with van der Waals surface area (Å²) in [4.78, 5) is 14.0. The van der Waals surface area contributed by atoms with Crippen LogP contribution in [0.5, 0.6) is 0 Å². The van der Waals surface area contributed by atoms with Crippen LogP contribution in [0, 0.1) is 5.41 Å². The van der Waals surface area contributed by atoms with Gasteiger partial charge in [0.15, 0.2) is 0 Å². The van der Waals surface area contributed by atoms with Gasteiger partial charge >= 0.3 is 6.09 Å². The number of piperidine rings is 1. The molecule has 0 aromatic heterocycles. The number of hydrogen-bond acceptors (Lipinski definition) is 3. The lowest BCUT2D eigenvalue weighted by Gasteiger charge is -2.51. The average Bonchev–Trinajstić information content (AvgIpc) is 2.40. The van der Waals surface area contributed by atoms with E-state index in [2.05, 4.69) is 0 Å². The van der Waals surface area contributed by atoms with Crippen LogP contribution in [0.1, 0.15) is 47.5 Å². The molecule has 1 fully saturated rings. The van der Waals surface area contributed by atoms with Gasteiger partial charge in [0.05, 0.1) is 11.0 Å². The molecule has 0 saturated carbocycles. The van der Waals surface area contributed by atoms with Crippen LogP contribution in [0.15, 0.2) is 23.8 Å². The predicted octanol–water partition coefficient (Wildman–Crippen LogP) is 3.88. The highest BCUT2D eigenvalue weighted by atomic mass is 35.5. The third-order valence-electron chi connectivity index (χ3n) is 4.63. The van der Waals surface area contributed by atoms with E-state index in [0.29, 0.717) is 19.5 Å². The van der Waals surface area contributed by atoms with Gasteiger partial charge in [-0.05, 0) is 39.2 Å². The van der Waals surface area contributed by atoms with Gasteiger partial charge in [0.25, 0.3) is 0 Å². The van der Waals surface area contributed by atoms with Crippen LogP contribution in [-0.2, 0) is 4.74 Å². The molecule has 2 atom stereocenters. The molecule has 5 heteroatoms. The van der Waals surface area contributed by atoms with Gasteiger partial charge in [-0.15, -0.1) is 11.6 Å². The van der Waals surface area contributed by atoms with E-state index in [4.69, 9.17) is 16.3 Å². The highest BCUT2D eigenvalue weighted by Gasteiger charge is 2.50. The number of halogens is 1. The topological polar surface area (TPSA) is 49.8 Å². The smallest absolute Gasteiger partial charge is 0.410 e. The third kappa shape index (κ3) is 3.92. The molecule has 1 aliphatic heterocycles. The van der Waals surface area contributed by atoms with Crippen molar-refractivity contribution in [3.8, 4) is 0 Å². The molecule has 0 spiro atoms. The first-order valence-electron chi connectivity index (χ1n) is 8.18. The van der Waals surface area contributed by atoms with Crippen LogP contribution in [0.25, 0.3) is 0 Å². The number of amides is 1. The Kier molecular flexibility index (Phi) is 4.89. The predicted molar refractivity (Wildman–Crippen MR) is 92.6 cm³/mol. The number of carbonyl (C=O) groups excluding carboxylic acids is 1. The van der Waals surface area contributed by atoms with Crippen molar-refractivity contribution in [3.63, 3.8) is 0 Å². The van der Waals surface area contributed by atoms with Crippen LogP contribution in [0.4, 0.5) is 4.79 Å². The van der Waals surface area contributed by atoms with Crippen LogP contribution in [0.3, 0.4) is 0 Å². The lowest BCUT2D eigenvalue weighted by molar-refractivity contribution is -0.0901. The molecule has 1 heterocycles. The van der Waals surface area contributed by atoms with Gasteiger partial charge in [-0.1, -0.05) is 32.1 Å². The van der Waals surface area contributed by atoms with Crippen molar-refractivity contribution in [1.82, 2.24) is 4.90 Å². The number of aliphatic hydroxyl groups is 1. The fourth-order valence-corrected chi connectivity index (χ4v) is 3.40. The fraction of sp³-hybridized carbons (Fsp3) is 0.722. The van der Waals surface area contributed by atoms with Gasteiger partial charge in [-0.3, -0.25) is 0 Å². The van der Waals surface area contributed by atoms with E-state index in [0.717, 1.165) is 12.0 Å². The Morgan fingerprint density at radius 2 is 2.09 bits per heavy atom. The van der Waals surface area contributed by atoms with Gasteiger partial charge in [0, 0.05) is 18.5 Å². The van der Waals surface area contributed by atoms with E-state index >= 15 is 0 Å². The Hall–Kier alpha value is -1.00. The van der Waals surface area contributed by atoms with Crippen LogP contribution >= 0.6 is 11.6 Å². The minimum absolute atomic E-state index is 0.00712. The molecular formula is C18H28ClNO3. The molecule has 0 bridgehead atoms. The van der Waals surface area contributed by atoms with E-state index in [1.165, 1.54) is 0 Å². The number of carbonyl (C=O) groups is 1. The number of allylic oxidation sites excluding steroid dienone is 2. The van der Waals surface area contributed by atoms with Crippen LogP contribution in [0.2, 0.25) is 0 Å². The SMILES string of the molecule is CC(C)(C)OC(=O)N1CCC(O)(C2=CCC(Cl)C=C2)C(C)(C)C1. The molecule has 1 N–H and O–H groups in total. The minimum atomic E-state index is -0.959. The van der Waals surface area contributed by atoms with Gasteiger partial charge in [0.1, 0.15) is 5.60 Å². The summed E-state index contributed by atoms with van der Waals surface area (Å²) in [6.45, 7) is 10.5. The average molecular weight is 342 g/mol. The maximum atomic E-state index is 12.3. The summed E-state index contributed by atoms with van der Waals surface area (Å²) in [7, 11) is 0. The van der Waals surface area contributed by atoms with Crippen LogP contribution < -0.4 is 0 Å². The molecule has 4 nitrogen and oxygen atoms in total. The summed E-state index contributed by atoms with van der Waals surface area (Å²) in [6, 6.07) is 0. The van der Waals surface area contributed by atoms with Crippen LogP contribution in [-0.4, -0.2) is 45.8 Å². The van der Waals surface area contributed by atoms with Gasteiger partial charge in [-0.25, -0.2) is 4.79 Å². The molecule has 2 unspecified atom stereocenters. The standard InChI is InChI=1S/C18H28ClNO3/c1-16(2,3)23-15(21)20-11-10-18(22,17(4,5)12-20)13-6-8-14(19)9-7-13/h6-8,14,22H,9-12H2,1-5H3. The Morgan fingerprint density at radius 1 is 1.43 bits per heavy atom. The summed E-state index contributed by atoms with van der Waals surface area (Å²) in [5.74, 6) is 0. The van der Waals surface area contributed by atoms with Crippen molar-refractivity contribution in [2.75, 3.05) is 13.1 Å². The molecule has 0 aromatic carbocycles. The van der Waals surface area contributed by atoms with E-state index < -0.39 is 16.6 Å². The van der Waals surface area contributed by atoms with Crippen molar-refractivity contribution < 1.29 is 14.6 Å². The van der Waals surface area contributed by atoms with Gasteiger partial charge in [0.2, 0.25) is 0 Å². The number of likely N-dealkylation sites (tertiary alicyclic amines) is 1. The zero-order valence-electron chi connectivity index (χ0n) is 14.7. The summed E-state index contributed by atoms with van der Waals surface area (Å²) in [5, 5.41) is 11.3. The molecule has 1 saturated heterocycles. The zero-order chi connectivity index (χ0) is 17.5. The molecule has 130 valence electrons. The molecule has 0 aromatic rings. The zero-order valence-corrected chi connectivity index (χ0v) is 15.5. The van der Waals surface area contributed by atoms with Crippen molar-refractivity contribution in [1.29, 1.82) is 0 Å². The molecule has 2 rings (SSSR count). The normalized spacial score (nSPS) is 30.8. The lowest BCUT2D eigenvalue weighted by atomic mass is 9.65. The molecule has 1 amide bonds. The Balaban J connectivity index is 2.14. The highest BCUT2D eigenvalue weighted by Crippen LogP contribution is 2.45. The molecule has 2 aliphatic rings. The molecule has 23 heavy (non-hydrogen) atoms. The van der Waals surface area contributed by atoms with Gasteiger partial charge < -0.3 is 14.7 Å². The van der Waals surface area contributed by atoms with Crippen molar-refractivity contribution in [3.05, 3.63) is 23.8 Å². The monoisotopic (exact) mass is 341 g/mol. The quantitative estimate of drug-likeness (QED) is 0.736. The maximum Gasteiger partial charge on any atom is 0.410 e. The Labute approximate surface area is 144 Å². The maximum absolute atomic E-state index is 12.3. The first-order valence-corrected chi connectivity index (χ1v) is 8.61. The minimum Gasteiger partial charge on any atom is -0.444 e. The van der Waals surface area contributed by atoms with Gasteiger partial charge in [-0.2, -0.15) is 0 Å². The van der Waals surface area contributed by atoms with E-state index in [1.807, 2.05) is 52.8 Å². The Morgan fingerprint density at radius 3 is 2.57 bits per heavy atom. The molecule has 0 radical (unpaired) electrons. The molecule has 1 aliphatic carbocycles. The Bertz CT molecular complexity index is 533. The second-order valence-electron chi connectivity index (χ2n) is 8.17. The van der Waals surface area contributed by atoms with Crippen molar-refractivity contribution >= 4 is 17.7 Å². The number of alkyl halides is 1. The fourth-order valence-electron chi connectivity index (χ4n) is 3.24. The summed E-state index contributed by atoms with van der Waals surface area (Å²) >= 11 is 6.08. The van der Waals surface area contributed by atoms with E-state index in [1.54, 1.807) is 4.90 Å². The first kappa shape index (κ1) is 18.3. The van der Waals surface area contributed by atoms with Crippen molar-refractivity contribution in [2.45, 2.75) is 64.0 Å². The molecular weight excluding hydrogens is 314 g/mol. The summed E-state index contributed by atoms with van der Waals surface area (Å²) in [5.41, 5.74) is -1.04. The second kappa shape index (κ2) is 6.14. The largest absolute Gasteiger partial charge is 0.444 e. The lowest BCUT2D eigenvalue weighted by Crippen LogP contribution is -2.59. The number of rotatable bonds is 1. The van der Waals surface area contributed by atoms with E-state index in [-0.39, 0.29) is 11.5 Å². The van der Waals surface area contributed by atoms with E-state index in [9.17, 15) is 9.90 Å². The summed E-state index contributed by atoms with van der Waals surface area (Å²) < 4.78 is 5.46. The number of hydrogen-bond donors (Lipinski definition) is 1. The number of nitrogens with zero attached hydrogens (tertiary/aromatic N) is 1. The highest BCUT2D eigenvalue weighted by molar-refractivity contribution is 6.22. The van der Waals surface area contributed by atoms with Crippen molar-refractivity contribution in [2.24, 2.45) is 5.41 Å². The number of ether oxygens (including phenoxy) is 1. The summed E-state index contributed by atoms with van der Waals surface area (Å²) in [6.07, 6.45) is 6.76.